The van der Waals surface area contributed by atoms with Gasteiger partial charge in [-0.2, -0.15) is 0 Å². The fourth-order valence-electron chi connectivity index (χ4n) is 2.01. The number of anilines is 1. The van der Waals surface area contributed by atoms with Crippen LogP contribution in [0.2, 0.25) is 0 Å². The van der Waals surface area contributed by atoms with Gasteiger partial charge in [-0.15, -0.1) is 0 Å². The number of hydrogen-bond acceptors (Lipinski definition) is 2. The Labute approximate surface area is 90.0 Å². The lowest BCUT2D eigenvalue weighted by Crippen LogP contribution is -2.14. The van der Waals surface area contributed by atoms with Crippen LogP contribution in [0.4, 0.5) is 5.69 Å². The number of aldehydes is 1. The van der Waals surface area contributed by atoms with Crippen LogP contribution in [0.25, 0.3) is 0 Å². The van der Waals surface area contributed by atoms with Crippen molar-refractivity contribution in [2.75, 3.05) is 5.32 Å². The topological polar surface area (TPSA) is 29.1 Å². The summed E-state index contributed by atoms with van der Waals surface area (Å²) >= 11 is 0. The first-order valence-corrected chi connectivity index (χ1v) is 5.29. The van der Waals surface area contributed by atoms with Crippen LogP contribution < -0.4 is 5.32 Å². The largest absolute Gasteiger partial charge is 0.352 e. The second-order valence-electron chi connectivity index (χ2n) is 3.92. The number of rotatable bonds is 2. The van der Waals surface area contributed by atoms with Gasteiger partial charge in [0.05, 0.1) is 5.70 Å². The Kier molecular flexibility index (Phi) is 2.58. The number of fused-ring (bicyclic) bond motifs is 1. The zero-order valence-corrected chi connectivity index (χ0v) is 9.13. The van der Waals surface area contributed by atoms with Gasteiger partial charge in [-0.1, -0.05) is 25.1 Å². The van der Waals surface area contributed by atoms with Crippen LogP contribution >= 0.6 is 0 Å². The van der Waals surface area contributed by atoms with E-state index in [9.17, 15) is 4.79 Å². The van der Waals surface area contributed by atoms with Crippen molar-refractivity contribution >= 4 is 12.0 Å². The number of hydrogen-bond donors (Lipinski definition) is 1. The molecule has 78 valence electrons. The quantitative estimate of drug-likeness (QED) is 0.745. The molecule has 0 bridgehead atoms. The molecule has 1 aliphatic rings. The van der Waals surface area contributed by atoms with Crippen molar-refractivity contribution in [3.05, 3.63) is 40.6 Å². The van der Waals surface area contributed by atoms with E-state index in [0.29, 0.717) is 0 Å². The molecular formula is C13H15NO. The molecule has 0 saturated carbocycles. The van der Waals surface area contributed by atoms with E-state index in [-0.39, 0.29) is 0 Å². The summed E-state index contributed by atoms with van der Waals surface area (Å²) in [6.45, 7) is 4.13. The van der Waals surface area contributed by atoms with Crippen molar-refractivity contribution in [3.8, 4) is 0 Å². The summed E-state index contributed by atoms with van der Waals surface area (Å²) in [5, 5.41) is 3.23. The minimum absolute atomic E-state index is 0.725. The first kappa shape index (κ1) is 9.97. The first-order valence-electron chi connectivity index (χ1n) is 5.29. The number of carbonyl (C=O) groups is 1. The molecule has 0 spiro atoms. The molecule has 2 heteroatoms. The summed E-state index contributed by atoms with van der Waals surface area (Å²) in [6.07, 6.45) is 2.77. The van der Waals surface area contributed by atoms with Gasteiger partial charge < -0.3 is 5.32 Å². The molecule has 1 aliphatic heterocycles. The van der Waals surface area contributed by atoms with E-state index in [1.807, 2.05) is 6.92 Å². The van der Waals surface area contributed by atoms with E-state index < -0.39 is 0 Å². The summed E-state index contributed by atoms with van der Waals surface area (Å²) in [6, 6.07) is 6.31. The lowest BCUT2D eigenvalue weighted by molar-refractivity contribution is -0.104. The third kappa shape index (κ3) is 1.67. The minimum Gasteiger partial charge on any atom is -0.352 e. The van der Waals surface area contributed by atoms with Crippen LogP contribution in [0.5, 0.6) is 0 Å². The van der Waals surface area contributed by atoms with E-state index in [1.54, 1.807) is 0 Å². The molecule has 0 radical (unpaired) electrons. The zero-order chi connectivity index (χ0) is 10.8. The van der Waals surface area contributed by atoms with Crippen LogP contribution in [0.1, 0.15) is 25.0 Å². The molecule has 0 amide bonds. The summed E-state index contributed by atoms with van der Waals surface area (Å²) in [4.78, 5) is 10.9. The average Bonchev–Trinajstić information content (AvgIpc) is 2.27. The monoisotopic (exact) mass is 201 g/mol. The Bertz CT molecular complexity index is 432. The van der Waals surface area contributed by atoms with E-state index in [1.165, 1.54) is 11.1 Å². The third-order valence-electron chi connectivity index (χ3n) is 2.91. The van der Waals surface area contributed by atoms with Crippen molar-refractivity contribution in [2.45, 2.75) is 26.7 Å². The van der Waals surface area contributed by atoms with E-state index >= 15 is 0 Å². The van der Waals surface area contributed by atoms with Gasteiger partial charge in [0.15, 0.2) is 6.29 Å². The van der Waals surface area contributed by atoms with Gasteiger partial charge >= 0.3 is 0 Å². The van der Waals surface area contributed by atoms with Gasteiger partial charge in [0.2, 0.25) is 0 Å². The highest BCUT2D eigenvalue weighted by Crippen LogP contribution is 2.30. The molecule has 2 rings (SSSR count). The smallest absolute Gasteiger partial charge is 0.166 e. The molecule has 0 aliphatic carbocycles. The Morgan fingerprint density at radius 3 is 2.93 bits per heavy atom. The van der Waals surface area contributed by atoms with E-state index in [4.69, 9.17) is 0 Å². The normalized spacial score (nSPS) is 14.5. The van der Waals surface area contributed by atoms with E-state index in [0.717, 1.165) is 36.1 Å². The molecule has 2 nitrogen and oxygen atoms in total. The fourth-order valence-corrected chi connectivity index (χ4v) is 2.01. The third-order valence-corrected chi connectivity index (χ3v) is 2.91. The Hall–Kier alpha value is -1.57. The van der Waals surface area contributed by atoms with Crippen molar-refractivity contribution in [1.29, 1.82) is 0 Å². The molecule has 1 heterocycles. The maximum absolute atomic E-state index is 10.9. The van der Waals surface area contributed by atoms with Crippen molar-refractivity contribution in [3.63, 3.8) is 0 Å². The molecule has 0 unspecified atom stereocenters. The maximum atomic E-state index is 10.9. The number of aryl methyl sites for hydroxylation is 1. The molecular weight excluding hydrogens is 186 g/mol. The standard InChI is InChI=1S/C13H15NO/c1-3-10-5-4-6-11-7-9(2)12(8-15)14-13(10)11/h4-6,8,14H,3,7H2,1-2H3. The number of carbonyl (C=O) groups excluding carboxylic acids is 1. The highest BCUT2D eigenvalue weighted by molar-refractivity contribution is 5.83. The van der Waals surface area contributed by atoms with Gasteiger partial charge in [0, 0.05) is 5.69 Å². The summed E-state index contributed by atoms with van der Waals surface area (Å²) in [7, 11) is 0. The lowest BCUT2D eigenvalue weighted by atomic mass is 9.95. The molecule has 0 saturated heterocycles. The summed E-state index contributed by atoms with van der Waals surface area (Å²) in [5.74, 6) is 0. The highest BCUT2D eigenvalue weighted by Gasteiger charge is 2.16. The number of para-hydroxylation sites is 1. The van der Waals surface area contributed by atoms with Gasteiger partial charge in [0.25, 0.3) is 0 Å². The highest BCUT2D eigenvalue weighted by atomic mass is 16.1. The molecule has 1 N–H and O–H groups in total. The second-order valence-corrected chi connectivity index (χ2v) is 3.92. The Morgan fingerprint density at radius 2 is 2.27 bits per heavy atom. The summed E-state index contributed by atoms with van der Waals surface area (Å²) in [5.41, 5.74) is 5.54. The van der Waals surface area contributed by atoms with Crippen molar-refractivity contribution in [1.82, 2.24) is 0 Å². The van der Waals surface area contributed by atoms with Crippen LogP contribution in [0, 0.1) is 0 Å². The fraction of sp³-hybridized carbons (Fsp3) is 0.308. The Morgan fingerprint density at radius 1 is 1.47 bits per heavy atom. The minimum atomic E-state index is 0.725. The Balaban J connectivity index is 2.47. The van der Waals surface area contributed by atoms with Crippen LogP contribution in [0.15, 0.2) is 29.5 Å². The number of allylic oxidation sites excluding steroid dienone is 2. The predicted molar refractivity (Wildman–Crippen MR) is 61.9 cm³/mol. The predicted octanol–water partition coefficient (Wildman–Crippen LogP) is 2.69. The van der Waals surface area contributed by atoms with Crippen molar-refractivity contribution < 1.29 is 4.79 Å². The number of nitrogens with one attached hydrogen (secondary N) is 1. The molecule has 1 aromatic carbocycles. The van der Waals surface area contributed by atoms with Gasteiger partial charge in [0.1, 0.15) is 0 Å². The van der Waals surface area contributed by atoms with E-state index in [2.05, 4.69) is 30.4 Å². The van der Waals surface area contributed by atoms with Crippen molar-refractivity contribution in [2.24, 2.45) is 0 Å². The van der Waals surface area contributed by atoms with Gasteiger partial charge in [-0.05, 0) is 36.5 Å². The number of benzene rings is 1. The average molecular weight is 201 g/mol. The molecule has 15 heavy (non-hydrogen) atoms. The first-order chi connectivity index (χ1) is 7.26. The summed E-state index contributed by atoms with van der Waals surface area (Å²) < 4.78 is 0. The van der Waals surface area contributed by atoms with Crippen LogP contribution in [0.3, 0.4) is 0 Å². The SMILES string of the molecule is CCc1cccc2c1NC(C=O)=C(C)C2. The van der Waals surface area contributed by atoms with Crippen LogP contribution in [-0.4, -0.2) is 6.29 Å². The maximum Gasteiger partial charge on any atom is 0.166 e. The molecule has 0 aromatic heterocycles. The second kappa shape index (κ2) is 3.89. The van der Waals surface area contributed by atoms with Gasteiger partial charge in [-0.25, -0.2) is 0 Å². The zero-order valence-electron chi connectivity index (χ0n) is 9.13. The van der Waals surface area contributed by atoms with Crippen LogP contribution in [-0.2, 0) is 17.6 Å². The lowest BCUT2D eigenvalue weighted by Gasteiger charge is -2.22. The van der Waals surface area contributed by atoms with Gasteiger partial charge in [-0.3, -0.25) is 4.79 Å². The molecule has 0 fully saturated rings. The molecule has 1 aromatic rings. The molecule has 0 atom stereocenters.